The summed E-state index contributed by atoms with van der Waals surface area (Å²) < 4.78 is 5.04. The van der Waals surface area contributed by atoms with E-state index in [1.165, 1.54) is 19.5 Å². The van der Waals surface area contributed by atoms with Crippen LogP contribution in [-0.2, 0) is 0 Å². The quantitative estimate of drug-likeness (QED) is 0.775. The summed E-state index contributed by atoms with van der Waals surface area (Å²) in [6.45, 7) is 0.557. The molecule has 5 heteroatoms. The molecule has 2 N–H and O–H groups in total. The van der Waals surface area contributed by atoms with Gasteiger partial charge in [0.25, 0.3) is 0 Å². The summed E-state index contributed by atoms with van der Waals surface area (Å²) in [4.78, 5) is 20.2. The van der Waals surface area contributed by atoms with Gasteiger partial charge in [-0.1, -0.05) is 6.42 Å². The lowest BCUT2D eigenvalue weighted by Crippen LogP contribution is -2.39. The van der Waals surface area contributed by atoms with Crippen molar-refractivity contribution in [3.8, 4) is 5.88 Å². The van der Waals surface area contributed by atoms with Gasteiger partial charge in [-0.25, -0.2) is 9.97 Å². The molecule has 1 fully saturated rings. The first-order valence-electron chi connectivity index (χ1n) is 5.79. The molecule has 5 nitrogen and oxygen atoms in total. The number of carbonyl (C=O) groups is 1. The van der Waals surface area contributed by atoms with Crippen molar-refractivity contribution in [3.63, 3.8) is 0 Å². The highest BCUT2D eigenvalue weighted by Gasteiger charge is 2.38. The van der Waals surface area contributed by atoms with Crippen molar-refractivity contribution in [2.75, 3.05) is 13.7 Å². The Hall–Kier alpha value is -1.49. The Bertz CT molecular complexity index is 410. The zero-order valence-electron chi connectivity index (χ0n) is 9.98. The highest BCUT2D eigenvalue weighted by atomic mass is 16.5. The van der Waals surface area contributed by atoms with Gasteiger partial charge in [0.15, 0.2) is 11.5 Å². The molecule has 0 aromatic carbocycles. The normalized spacial score (nSPS) is 17.3. The standard InChI is InChI=1S/C12H17N3O2/c1-17-11-10(14-5-6-15-11)9(16)7-12(8-13)3-2-4-12/h5-6H,2-4,7-8,13H2,1H3. The lowest BCUT2D eigenvalue weighted by Gasteiger charge is -2.40. The van der Waals surface area contributed by atoms with Gasteiger partial charge in [-0.15, -0.1) is 0 Å². The van der Waals surface area contributed by atoms with E-state index in [2.05, 4.69) is 9.97 Å². The molecule has 0 atom stereocenters. The SMILES string of the molecule is COc1nccnc1C(=O)CC1(CN)CCC1. The summed E-state index contributed by atoms with van der Waals surface area (Å²) in [6.07, 6.45) is 6.67. The first-order valence-corrected chi connectivity index (χ1v) is 5.79. The number of nitrogens with two attached hydrogens (primary N) is 1. The van der Waals surface area contributed by atoms with Gasteiger partial charge in [0, 0.05) is 18.8 Å². The molecule has 1 aromatic rings. The zero-order valence-corrected chi connectivity index (χ0v) is 9.98. The Labute approximate surface area is 100 Å². The number of ether oxygens (including phenoxy) is 1. The topological polar surface area (TPSA) is 78.1 Å². The van der Waals surface area contributed by atoms with Crippen LogP contribution in [0, 0.1) is 5.41 Å². The van der Waals surface area contributed by atoms with E-state index in [4.69, 9.17) is 10.5 Å². The van der Waals surface area contributed by atoms with Crippen molar-refractivity contribution in [3.05, 3.63) is 18.1 Å². The van der Waals surface area contributed by atoms with Crippen LogP contribution in [0.2, 0.25) is 0 Å². The van der Waals surface area contributed by atoms with E-state index in [0.29, 0.717) is 24.5 Å². The van der Waals surface area contributed by atoms with Gasteiger partial charge in [-0.3, -0.25) is 4.79 Å². The van der Waals surface area contributed by atoms with E-state index in [9.17, 15) is 4.79 Å². The average molecular weight is 235 g/mol. The molecule has 1 aliphatic rings. The molecule has 92 valence electrons. The van der Waals surface area contributed by atoms with Crippen molar-refractivity contribution in [1.82, 2.24) is 9.97 Å². The number of carbonyl (C=O) groups excluding carboxylic acids is 1. The summed E-state index contributed by atoms with van der Waals surface area (Å²) in [7, 11) is 1.49. The maximum absolute atomic E-state index is 12.2. The summed E-state index contributed by atoms with van der Waals surface area (Å²) in [6, 6.07) is 0. The third kappa shape index (κ3) is 2.29. The summed E-state index contributed by atoms with van der Waals surface area (Å²) in [5, 5.41) is 0. The minimum atomic E-state index is -0.0277. The highest BCUT2D eigenvalue weighted by molar-refractivity contribution is 5.96. The van der Waals surface area contributed by atoms with Gasteiger partial charge in [-0.2, -0.15) is 0 Å². The molecule has 17 heavy (non-hydrogen) atoms. The minimum Gasteiger partial charge on any atom is -0.479 e. The molecule has 0 radical (unpaired) electrons. The van der Waals surface area contributed by atoms with E-state index in [1.807, 2.05) is 0 Å². The second-order valence-corrected chi connectivity index (χ2v) is 4.57. The molecular formula is C12H17N3O2. The van der Waals surface area contributed by atoms with Crippen LogP contribution in [0.25, 0.3) is 0 Å². The van der Waals surface area contributed by atoms with Crippen molar-refractivity contribution in [1.29, 1.82) is 0 Å². The second-order valence-electron chi connectivity index (χ2n) is 4.57. The van der Waals surface area contributed by atoms with Gasteiger partial charge in [0.1, 0.15) is 0 Å². The molecule has 1 heterocycles. The smallest absolute Gasteiger partial charge is 0.243 e. The van der Waals surface area contributed by atoms with Crippen LogP contribution in [-0.4, -0.2) is 29.4 Å². The number of aromatic nitrogens is 2. The van der Waals surface area contributed by atoms with E-state index < -0.39 is 0 Å². The van der Waals surface area contributed by atoms with E-state index in [1.54, 1.807) is 0 Å². The summed E-state index contributed by atoms with van der Waals surface area (Å²) >= 11 is 0. The number of hydrogen-bond donors (Lipinski definition) is 1. The van der Waals surface area contributed by atoms with Crippen molar-refractivity contribution in [2.24, 2.45) is 11.1 Å². The predicted octanol–water partition coefficient (Wildman–Crippen LogP) is 1.19. The van der Waals surface area contributed by atoms with Crippen LogP contribution in [0.15, 0.2) is 12.4 Å². The fourth-order valence-corrected chi connectivity index (χ4v) is 2.22. The van der Waals surface area contributed by atoms with E-state index in [0.717, 1.165) is 19.3 Å². The van der Waals surface area contributed by atoms with Crippen molar-refractivity contribution in [2.45, 2.75) is 25.7 Å². The Morgan fingerprint density at radius 3 is 2.71 bits per heavy atom. The van der Waals surface area contributed by atoms with E-state index >= 15 is 0 Å². The van der Waals surface area contributed by atoms with Crippen LogP contribution < -0.4 is 10.5 Å². The molecule has 1 aliphatic carbocycles. The number of Topliss-reactive ketones (excluding diaryl/α,β-unsaturated/α-hetero) is 1. The van der Waals surface area contributed by atoms with Crippen LogP contribution in [0.3, 0.4) is 0 Å². The lowest BCUT2D eigenvalue weighted by atomic mass is 9.66. The third-order valence-corrected chi connectivity index (χ3v) is 3.50. The van der Waals surface area contributed by atoms with Gasteiger partial charge in [0.2, 0.25) is 5.88 Å². The molecular weight excluding hydrogens is 218 g/mol. The molecule has 1 saturated carbocycles. The second kappa shape index (κ2) is 4.79. The maximum Gasteiger partial charge on any atom is 0.243 e. The van der Waals surface area contributed by atoms with Gasteiger partial charge in [0.05, 0.1) is 7.11 Å². The minimum absolute atomic E-state index is 0.0143. The van der Waals surface area contributed by atoms with Gasteiger partial charge in [-0.05, 0) is 24.8 Å². The third-order valence-electron chi connectivity index (χ3n) is 3.50. The van der Waals surface area contributed by atoms with Crippen LogP contribution in [0.5, 0.6) is 5.88 Å². The molecule has 0 saturated heterocycles. The fourth-order valence-electron chi connectivity index (χ4n) is 2.22. The molecule has 2 rings (SSSR count). The Morgan fingerprint density at radius 1 is 1.47 bits per heavy atom. The number of methoxy groups -OCH3 is 1. The Morgan fingerprint density at radius 2 is 2.18 bits per heavy atom. The first-order chi connectivity index (χ1) is 8.21. The molecule has 0 amide bonds. The van der Waals surface area contributed by atoms with Crippen LogP contribution >= 0.6 is 0 Å². The van der Waals surface area contributed by atoms with Gasteiger partial charge < -0.3 is 10.5 Å². The summed E-state index contributed by atoms with van der Waals surface area (Å²) in [5.41, 5.74) is 6.05. The van der Waals surface area contributed by atoms with Crippen molar-refractivity contribution >= 4 is 5.78 Å². The maximum atomic E-state index is 12.2. The van der Waals surface area contributed by atoms with Crippen LogP contribution in [0.4, 0.5) is 0 Å². The molecule has 0 bridgehead atoms. The molecule has 0 aliphatic heterocycles. The molecule has 0 unspecified atom stereocenters. The predicted molar refractivity (Wildman–Crippen MR) is 62.9 cm³/mol. The first kappa shape index (κ1) is 12.0. The van der Waals surface area contributed by atoms with Gasteiger partial charge >= 0.3 is 0 Å². The number of nitrogens with zero attached hydrogens (tertiary/aromatic N) is 2. The fraction of sp³-hybridized carbons (Fsp3) is 0.583. The average Bonchev–Trinajstić information content (AvgIpc) is 2.33. The zero-order chi connectivity index (χ0) is 12.3. The lowest BCUT2D eigenvalue weighted by molar-refractivity contribution is 0.0777. The Kier molecular flexibility index (Phi) is 3.38. The largest absolute Gasteiger partial charge is 0.479 e. The number of hydrogen-bond acceptors (Lipinski definition) is 5. The number of ketones is 1. The Balaban J connectivity index is 2.14. The molecule has 0 spiro atoms. The number of rotatable bonds is 5. The van der Waals surface area contributed by atoms with E-state index in [-0.39, 0.29) is 11.2 Å². The van der Waals surface area contributed by atoms with Crippen LogP contribution in [0.1, 0.15) is 36.2 Å². The van der Waals surface area contributed by atoms with Crippen molar-refractivity contribution < 1.29 is 9.53 Å². The highest BCUT2D eigenvalue weighted by Crippen LogP contribution is 2.43. The summed E-state index contributed by atoms with van der Waals surface area (Å²) in [5.74, 6) is 0.268. The monoisotopic (exact) mass is 235 g/mol. The molecule has 1 aromatic heterocycles.